The van der Waals surface area contributed by atoms with Crippen LogP contribution in [-0.4, -0.2) is 27.9 Å². The number of amides is 2. The van der Waals surface area contributed by atoms with Crippen molar-refractivity contribution in [2.45, 2.75) is 58.6 Å². The van der Waals surface area contributed by atoms with Crippen molar-refractivity contribution in [1.82, 2.24) is 5.32 Å². The Kier molecular flexibility index (Phi) is 5.05. The Balaban J connectivity index is 1.38. The van der Waals surface area contributed by atoms with Gasteiger partial charge in [0.1, 0.15) is 5.25 Å². The van der Waals surface area contributed by atoms with E-state index in [9.17, 15) is 9.59 Å². The van der Waals surface area contributed by atoms with E-state index in [2.05, 4.69) is 41.6 Å². The predicted octanol–water partition coefficient (Wildman–Crippen LogP) is 4.11. The lowest BCUT2D eigenvalue weighted by atomic mass is 9.70. The zero-order valence-corrected chi connectivity index (χ0v) is 18.2. The van der Waals surface area contributed by atoms with Gasteiger partial charge in [0.15, 0.2) is 5.17 Å². The number of benzene rings is 1. The first-order chi connectivity index (χ1) is 13.7. The van der Waals surface area contributed by atoms with Gasteiger partial charge in [-0.2, -0.15) is 5.10 Å². The SMILES string of the molecule is Cc1ccc(NC(=O)C[C@H]2S/C(=N/N=C3\C[C@@H]4CC[C@]3(C)C4(C)C)NC2=O)cc1. The maximum atomic E-state index is 12.3. The summed E-state index contributed by atoms with van der Waals surface area (Å²) in [6, 6.07) is 7.59. The molecule has 6 nitrogen and oxygen atoms in total. The monoisotopic (exact) mass is 412 g/mol. The van der Waals surface area contributed by atoms with Crippen molar-refractivity contribution in [3.63, 3.8) is 0 Å². The number of fused-ring (bicyclic) bond motifs is 2. The maximum absolute atomic E-state index is 12.3. The summed E-state index contributed by atoms with van der Waals surface area (Å²) in [5.41, 5.74) is 3.33. The number of thioether (sulfide) groups is 1. The first-order valence-corrected chi connectivity index (χ1v) is 11.1. The molecule has 1 aromatic carbocycles. The van der Waals surface area contributed by atoms with Gasteiger partial charge in [-0.1, -0.05) is 50.2 Å². The van der Waals surface area contributed by atoms with E-state index in [4.69, 9.17) is 0 Å². The van der Waals surface area contributed by atoms with Crippen LogP contribution in [0.2, 0.25) is 0 Å². The highest BCUT2D eigenvalue weighted by Gasteiger charge is 2.60. The highest BCUT2D eigenvalue weighted by atomic mass is 32.2. The van der Waals surface area contributed by atoms with Crippen molar-refractivity contribution in [3.8, 4) is 0 Å². The molecule has 4 rings (SSSR count). The van der Waals surface area contributed by atoms with E-state index in [0.29, 0.717) is 11.1 Å². The van der Waals surface area contributed by atoms with Gasteiger partial charge < -0.3 is 10.6 Å². The fourth-order valence-electron chi connectivity index (χ4n) is 4.79. The molecule has 29 heavy (non-hydrogen) atoms. The summed E-state index contributed by atoms with van der Waals surface area (Å²) < 4.78 is 0. The zero-order chi connectivity index (χ0) is 20.8. The third-order valence-corrected chi connectivity index (χ3v) is 8.33. The molecule has 1 saturated heterocycles. The van der Waals surface area contributed by atoms with Gasteiger partial charge in [0.05, 0.1) is 0 Å². The van der Waals surface area contributed by atoms with Gasteiger partial charge in [0, 0.05) is 23.2 Å². The molecule has 3 atom stereocenters. The van der Waals surface area contributed by atoms with E-state index in [1.807, 2.05) is 31.2 Å². The number of rotatable bonds is 4. The van der Waals surface area contributed by atoms with E-state index in [0.717, 1.165) is 29.8 Å². The number of hydrogen-bond acceptors (Lipinski definition) is 5. The molecular weight excluding hydrogens is 384 g/mol. The molecular formula is C22H28N4O2S. The molecule has 2 aliphatic carbocycles. The van der Waals surface area contributed by atoms with Crippen molar-refractivity contribution in [1.29, 1.82) is 0 Å². The van der Waals surface area contributed by atoms with E-state index in [1.165, 1.54) is 18.2 Å². The Morgan fingerprint density at radius 1 is 1.24 bits per heavy atom. The number of hydrogen-bond donors (Lipinski definition) is 2. The number of aryl methyl sites for hydroxylation is 1. The first kappa shape index (κ1) is 20.1. The van der Waals surface area contributed by atoms with Crippen LogP contribution in [0.5, 0.6) is 0 Å². The second-order valence-electron chi connectivity index (χ2n) is 9.16. The third kappa shape index (κ3) is 3.61. The molecule has 2 N–H and O–H groups in total. The average Bonchev–Trinajstić information content (AvgIpc) is 3.18. The molecule has 1 aromatic rings. The highest BCUT2D eigenvalue weighted by molar-refractivity contribution is 8.15. The maximum Gasteiger partial charge on any atom is 0.240 e. The van der Waals surface area contributed by atoms with Gasteiger partial charge in [-0.15, -0.1) is 5.10 Å². The van der Waals surface area contributed by atoms with E-state index in [1.54, 1.807) is 0 Å². The van der Waals surface area contributed by atoms with Gasteiger partial charge in [0.25, 0.3) is 0 Å². The fourth-order valence-corrected chi connectivity index (χ4v) is 5.71. The molecule has 1 aliphatic heterocycles. The number of carbonyl (C=O) groups excluding carboxylic acids is 2. The van der Waals surface area contributed by atoms with Gasteiger partial charge in [-0.05, 0) is 49.7 Å². The Morgan fingerprint density at radius 3 is 2.59 bits per heavy atom. The first-order valence-electron chi connectivity index (χ1n) is 10.2. The number of nitrogens with zero attached hydrogens (tertiary/aromatic N) is 2. The van der Waals surface area contributed by atoms with Gasteiger partial charge in [0.2, 0.25) is 11.8 Å². The summed E-state index contributed by atoms with van der Waals surface area (Å²) in [6.07, 6.45) is 3.49. The van der Waals surface area contributed by atoms with Crippen LogP contribution in [0.15, 0.2) is 34.5 Å². The summed E-state index contributed by atoms with van der Waals surface area (Å²) in [6.45, 7) is 8.94. The standard InChI is InChI=1S/C22H28N4O2S/c1-13-5-7-15(8-6-13)23-18(27)12-16-19(28)24-20(29-16)26-25-17-11-14-9-10-22(17,4)21(14,2)3/h5-8,14,16H,9-12H2,1-4H3,(H,23,27)(H,24,26,28)/b25-17+/t14-,16+,22-/m0/s1. The van der Waals surface area contributed by atoms with Crippen molar-refractivity contribution in [2.24, 2.45) is 27.0 Å². The van der Waals surface area contributed by atoms with E-state index >= 15 is 0 Å². The minimum atomic E-state index is -0.480. The van der Waals surface area contributed by atoms with Crippen LogP contribution in [0.25, 0.3) is 0 Å². The average molecular weight is 413 g/mol. The predicted molar refractivity (Wildman–Crippen MR) is 118 cm³/mol. The topological polar surface area (TPSA) is 82.9 Å². The molecule has 3 aliphatic rings. The molecule has 3 fully saturated rings. The highest BCUT2D eigenvalue weighted by Crippen LogP contribution is 2.64. The van der Waals surface area contributed by atoms with Crippen molar-refractivity contribution in [3.05, 3.63) is 29.8 Å². The minimum absolute atomic E-state index is 0.0856. The Labute approximate surface area is 176 Å². The zero-order valence-electron chi connectivity index (χ0n) is 17.4. The lowest BCUT2D eigenvalue weighted by Gasteiger charge is -2.34. The molecule has 0 aromatic heterocycles. The van der Waals surface area contributed by atoms with Crippen LogP contribution in [0.3, 0.4) is 0 Å². The van der Waals surface area contributed by atoms with Crippen LogP contribution in [0, 0.1) is 23.7 Å². The third-order valence-electron chi connectivity index (χ3n) is 7.26. The van der Waals surface area contributed by atoms with Crippen molar-refractivity contribution in [2.75, 3.05) is 5.32 Å². The molecule has 7 heteroatoms. The molecule has 2 saturated carbocycles. The fraction of sp³-hybridized carbons (Fsp3) is 0.545. The summed E-state index contributed by atoms with van der Waals surface area (Å²) in [7, 11) is 0. The van der Waals surface area contributed by atoms with E-state index < -0.39 is 5.25 Å². The lowest BCUT2D eigenvalue weighted by molar-refractivity contribution is -0.122. The molecule has 2 amide bonds. The summed E-state index contributed by atoms with van der Waals surface area (Å²) in [4.78, 5) is 24.6. The number of anilines is 1. The molecule has 1 heterocycles. The second-order valence-corrected chi connectivity index (χ2v) is 10.4. The Hall–Kier alpha value is -2.15. The van der Waals surface area contributed by atoms with Crippen molar-refractivity contribution < 1.29 is 9.59 Å². The van der Waals surface area contributed by atoms with Crippen LogP contribution >= 0.6 is 11.8 Å². The van der Waals surface area contributed by atoms with Crippen molar-refractivity contribution >= 4 is 40.1 Å². The summed E-state index contributed by atoms with van der Waals surface area (Å²) in [5.74, 6) is 0.291. The van der Waals surface area contributed by atoms with Gasteiger partial charge in [-0.3, -0.25) is 9.59 Å². The Bertz CT molecular complexity index is 906. The minimum Gasteiger partial charge on any atom is -0.326 e. The number of carbonyl (C=O) groups is 2. The smallest absolute Gasteiger partial charge is 0.240 e. The quantitative estimate of drug-likeness (QED) is 0.730. The molecule has 0 spiro atoms. The van der Waals surface area contributed by atoms with Crippen LogP contribution in [0.4, 0.5) is 5.69 Å². The van der Waals surface area contributed by atoms with Gasteiger partial charge >= 0.3 is 0 Å². The summed E-state index contributed by atoms with van der Waals surface area (Å²) >= 11 is 1.28. The van der Waals surface area contributed by atoms with Gasteiger partial charge in [-0.25, -0.2) is 0 Å². The Morgan fingerprint density at radius 2 is 1.97 bits per heavy atom. The van der Waals surface area contributed by atoms with E-state index in [-0.39, 0.29) is 29.1 Å². The lowest BCUT2D eigenvalue weighted by Crippen LogP contribution is -2.32. The second kappa shape index (κ2) is 7.27. The molecule has 2 bridgehead atoms. The molecule has 0 unspecified atom stereocenters. The van der Waals surface area contributed by atoms with Crippen LogP contribution in [-0.2, 0) is 9.59 Å². The number of nitrogens with one attached hydrogen (secondary N) is 2. The van der Waals surface area contributed by atoms with Crippen LogP contribution < -0.4 is 10.6 Å². The number of amidine groups is 1. The molecule has 0 radical (unpaired) electrons. The molecule has 154 valence electrons. The summed E-state index contributed by atoms with van der Waals surface area (Å²) in [5, 5.41) is 14.5. The largest absolute Gasteiger partial charge is 0.326 e. The normalized spacial score (nSPS) is 32.8. The van der Waals surface area contributed by atoms with Crippen LogP contribution in [0.1, 0.15) is 52.0 Å².